The molecule has 3 heteroatoms. The number of fused-ring (bicyclic) bond motifs is 1. The van der Waals surface area contributed by atoms with Crippen LogP contribution in [-0.2, 0) is 6.42 Å². The number of halogens is 2. The molecule has 0 radical (unpaired) electrons. The summed E-state index contributed by atoms with van der Waals surface area (Å²) in [5.74, 6) is -1.29. The van der Waals surface area contributed by atoms with Crippen LogP contribution in [0.2, 0.25) is 0 Å². The molecular formula is C18H17F2N. The topological polar surface area (TPSA) is 15.8 Å². The molecular weight excluding hydrogens is 268 g/mol. The highest BCUT2D eigenvalue weighted by molar-refractivity contribution is 5.83. The van der Waals surface area contributed by atoms with Crippen LogP contribution < -0.4 is 0 Å². The summed E-state index contributed by atoms with van der Waals surface area (Å²) in [7, 11) is 0. The molecule has 1 N–H and O–H groups in total. The lowest BCUT2D eigenvalue weighted by molar-refractivity contribution is 0.506. The number of hydrogen-bond acceptors (Lipinski definition) is 0. The van der Waals surface area contributed by atoms with Crippen molar-refractivity contribution in [1.29, 1.82) is 0 Å². The Hall–Kier alpha value is -2.16. The summed E-state index contributed by atoms with van der Waals surface area (Å²) < 4.78 is 26.4. The molecule has 1 unspecified atom stereocenters. The smallest absolute Gasteiger partial charge is 0.159 e. The molecule has 0 aliphatic carbocycles. The van der Waals surface area contributed by atoms with E-state index in [0.29, 0.717) is 6.42 Å². The maximum atomic E-state index is 13.3. The number of para-hydroxylation sites is 1. The van der Waals surface area contributed by atoms with Gasteiger partial charge in [-0.05, 0) is 48.1 Å². The average molecular weight is 285 g/mol. The minimum absolute atomic E-state index is 0.283. The van der Waals surface area contributed by atoms with Crippen molar-refractivity contribution < 1.29 is 8.78 Å². The van der Waals surface area contributed by atoms with Crippen molar-refractivity contribution in [2.75, 3.05) is 0 Å². The normalized spacial score (nSPS) is 12.7. The van der Waals surface area contributed by atoms with Crippen molar-refractivity contribution in [2.24, 2.45) is 0 Å². The van der Waals surface area contributed by atoms with Crippen molar-refractivity contribution >= 4 is 10.9 Å². The van der Waals surface area contributed by atoms with Crippen LogP contribution in [-0.4, -0.2) is 4.98 Å². The number of rotatable bonds is 4. The van der Waals surface area contributed by atoms with Gasteiger partial charge in [0.25, 0.3) is 0 Å². The quantitative estimate of drug-likeness (QED) is 0.679. The van der Waals surface area contributed by atoms with Gasteiger partial charge in [-0.3, -0.25) is 0 Å². The lowest BCUT2D eigenvalue weighted by Gasteiger charge is -2.14. The summed E-state index contributed by atoms with van der Waals surface area (Å²) in [6.45, 7) is 2.12. The number of benzene rings is 2. The van der Waals surface area contributed by atoms with E-state index in [1.165, 1.54) is 23.1 Å². The molecule has 1 aromatic heterocycles. The predicted octanol–water partition coefficient (Wildman–Crippen LogP) is 5.18. The minimum Gasteiger partial charge on any atom is -0.361 e. The monoisotopic (exact) mass is 285 g/mol. The predicted molar refractivity (Wildman–Crippen MR) is 81.4 cm³/mol. The van der Waals surface area contributed by atoms with E-state index in [1.807, 2.05) is 24.4 Å². The van der Waals surface area contributed by atoms with Gasteiger partial charge in [0, 0.05) is 17.1 Å². The summed E-state index contributed by atoms with van der Waals surface area (Å²) in [5, 5.41) is 1.20. The van der Waals surface area contributed by atoms with E-state index in [1.54, 1.807) is 6.07 Å². The van der Waals surface area contributed by atoms with Gasteiger partial charge in [0.05, 0.1) is 0 Å². The molecule has 3 rings (SSSR count). The zero-order valence-electron chi connectivity index (χ0n) is 11.9. The first-order valence-corrected chi connectivity index (χ1v) is 7.19. The summed E-state index contributed by atoms with van der Waals surface area (Å²) >= 11 is 0. The summed E-state index contributed by atoms with van der Waals surface area (Å²) in [5.41, 5.74) is 3.17. The number of H-pyrrole nitrogens is 1. The first-order chi connectivity index (χ1) is 10.2. The van der Waals surface area contributed by atoms with E-state index < -0.39 is 11.6 Å². The van der Waals surface area contributed by atoms with Crippen LogP contribution in [0, 0.1) is 11.6 Å². The second-order valence-electron chi connectivity index (χ2n) is 5.35. The van der Waals surface area contributed by atoms with Gasteiger partial charge < -0.3 is 4.98 Å². The molecule has 3 aromatic rings. The molecule has 0 saturated carbocycles. The van der Waals surface area contributed by atoms with E-state index in [4.69, 9.17) is 0 Å². The molecule has 0 saturated heterocycles. The Kier molecular flexibility index (Phi) is 3.74. The molecule has 0 fully saturated rings. The van der Waals surface area contributed by atoms with Gasteiger partial charge in [0.1, 0.15) is 0 Å². The Morgan fingerprint density at radius 3 is 2.62 bits per heavy atom. The third-order valence-corrected chi connectivity index (χ3v) is 4.02. The zero-order chi connectivity index (χ0) is 14.8. The fourth-order valence-electron chi connectivity index (χ4n) is 2.86. The SMILES string of the molecule is CCC(Cc1ccc(F)c(F)c1)c1c[nH]c2ccccc12. The highest BCUT2D eigenvalue weighted by atomic mass is 19.2. The van der Waals surface area contributed by atoms with Crippen LogP contribution >= 0.6 is 0 Å². The molecule has 108 valence electrons. The lowest BCUT2D eigenvalue weighted by Crippen LogP contribution is -2.02. The summed E-state index contributed by atoms with van der Waals surface area (Å²) in [6, 6.07) is 12.3. The maximum Gasteiger partial charge on any atom is 0.159 e. The van der Waals surface area contributed by atoms with Crippen LogP contribution in [0.3, 0.4) is 0 Å². The second-order valence-corrected chi connectivity index (χ2v) is 5.35. The molecule has 0 spiro atoms. The zero-order valence-corrected chi connectivity index (χ0v) is 11.9. The number of hydrogen-bond donors (Lipinski definition) is 1. The van der Waals surface area contributed by atoms with Crippen molar-refractivity contribution in [3.63, 3.8) is 0 Å². The number of nitrogens with one attached hydrogen (secondary N) is 1. The van der Waals surface area contributed by atoms with Gasteiger partial charge >= 0.3 is 0 Å². The van der Waals surface area contributed by atoms with Gasteiger partial charge in [-0.1, -0.05) is 31.2 Å². The highest BCUT2D eigenvalue weighted by Crippen LogP contribution is 2.30. The molecule has 0 aliphatic heterocycles. The Balaban J connectivity index is 1.93. The Labute approximate surface area is 122 Å². The van der Waals surface area contributed by atoms with Crippen LogP contribution in [0.25, 0.3) is 10.9 Å². The first kappa shape index (κ1) is 13.8. The van der Waals surface area contributed by atoms with Crippen molar-refractivity contribution in [3.8, 4) is 0 Å². The fraction of sp³-hybridized carbons (Fsp3) is 0.222. The van der Waals surface area contributed by atoms with Crippen LogP contribution in [0.15, 0.2) is 48.7 Å². The third-order valence-electron chi connectivity index (χ3n) is 4.02. The van der Waals surface area contributed by atoms with Crippen LogP contribution in [0.5, 0.6) is 0 Å². The highest BCUT2D eigenvalue weighted by Gasteiger charge is 2.15. The summed E-state index contributed by atoms with van der Waals surface area (Å²) in [4.78, 5) is 3.28. The second kappa shape index (κ2) is 5.68. The van der Waals surface area contributed by atoms with Gasteiger partial charge in [-0.15, -0.1) is 0 Å². The number of aromatic nitrogens is 1. The van der Waals surface area contributed by atoms with E-state index in [-0.39, 0.29) is 5.92 Å². The van der Waals surface area contributed by atoms with Crippen molar-refractivity contribution in [1.82, 2.24) is 4.98 Å². The van der Waals surface area contributed by atoms with Gasteiger partial charge in [0.2, 0.25) is 0 Å². The van der Waals surface area contributed by atoms with E-state index >= 15 is 0 Å². The first-order valence-electron chi connectivity index (χ1n) is 7.19. The minimum atomic E-state index is -0.793. The molecule has 1 heterocycles. The molecule has 2 aromatic carbocycles. The van der Waals surface area contributed by atoms with Crippen LogP contribution in [0.4, 0.5) is 8.78 Å². The molecule has 1 nitrogen and oxygen atoms in total. The van der Waals surface area contributed by atoms with E-state index in [0.717, 1.165) is 17.5 Å². The van der Waals surface area contributed by atoms with Gasteiger partial charge in [0.15, 0.2) is 11.6 Å². The number of aromatic amines is 1. The molecule has 0 aliphatic rings. The van der Waals surface area contributed by atoms with Crippen molar-refractivity contribution in [2.45, 2.75) is 25.7 Å². The summed E-state index contributed by atoms with van der Waals surface area (Å²) in [6.07, 6.45) is 3.68. The molecule has 0 bridgehead atoms. The largest absolute Gasteiger partial charge is 0.361 e. The maximum absolute atomic E-state index is 13.3. The third kappa shape index (κ3) is 2.68. The van der Waals surface area contributed by atoms with Crippen molar-refractivity contribution in [3.05, 3.63) is 71.4 Å². The lowest BCUT2D eigenvalue weighted by atomic mass is 9.89. The standard InChI is InChI=1S/C18H17F2N/c1-2-13(9-12-7-8-16(19)17(20)10-12)15-11-21-18-6-4-3-5-14(15)18/h3-8,10-11,13,21H,2,9H2,1H3. The molecule has 21 heavy (non-hydrogen) atoms. The van der Waals surface area contributed by atoms with Gasteiger partial charge in [-0.2, -0.15) is 0 Å². The van der Waals surface area contributed by atoms with Crippen LogP contribution in [0.1, 0.15) is 30.4 Å². The average Bonchev–Trinajstić information content (AvgIpc) is 2.92. The van der Waals surface area contributed by atoms with E-state index in [9.17, 15) is 8.78 Å². The molecule has 1 atom stereocenters. The fourth-order valence-corrected chi connectivity index (χ4v) is 2.86. The Morgan fingerprint density at radius 2 is 1.86 bits per heavy atom. The van der Waals surface area contributed by atoms with Gasteiger partial charge in [-0.25, -0.2) is 8.78 Å². The molecule has 0 amide bonds. The Bertz CT molecular complexity index is 761. The Morgan fingerprint density at radius 1 is 1.05 bits per heavy atom. The van der Waals surface area contributed by atoms with E-state index in [2.05, 4.69) is 18.0 Å².